The number of carbonyl (C=O) groups excluding carboxylic acids is 1. The Kier molecular flexibility index (Phi) is 4.74. The molecule has 0 aliphatic rings. The van der Waals surface area contributed by atoms with Crippen molar-refractivity contribution in [3.63, 3.8) is 0 Å². The molecule has 0 amide bonds. The molecule has 0 spiro atoms. The van der Waals surface area contributed by atoms with Gasteiger partial charge < -0.3 is 4.74 Å². The first-order chi connectivity index (χ1) is 9.61. The Balaban J connectivity index is 2.21. The van der Waals surface area contributed by atoms with Crippen LogP contribution in [0.2, 0.25) is 0 Å². The molecule has 3 nitrogen and oxygen atoms in total. The fourth-order valence-corrected chi connectivity index (χ4v) is 2.61. The lowest BCUT2D eigenvalue weighted by molar-refractivity contribution is 0.0587. The first kappa shape index (κ1) is 14.5. The van der Waals surface area contributed by atoms with Crippen molar-refractivity contribution < 1.29 is 13.9 Å². The van der Waals surface area contributed by atoms with E-state index in [4.69, 9.17) is 0 Å². The second-order valence-corrected chi connectivity index (χ2v) is 5.17. The molecule has 1 heterocycles. The predicted octanol–water partition coefficient (Wildman–Crippen LogP) is 3.61. The van der Waals surface area contributed by atoms with Crippen LogP contribution < -0.4 is 0 Å². The second-order valence-electron chi connectivity index (χ2n) is 4.21. The molecule has 0 radical (unpaired) electrons. The molecular formula is C15H14FNO2S. The SMILES string of the molecule is COC(=O)c1nc(SCc2ccccc2)c(C)cc1F. The van der Waals surface area contributed by atoms with Crippen LogP contribution >= 0.6 is 11.8 Å². The van der Waals surface area contributed by atoms with E-state index in [-0.39, 0.29) is 5.69 Å². The zero-order valence-electron chi connectivity index (χ0n) is 11.2. The molecule has 0 N–H and O–H groups in total. The fraction of sp³-hybridized carbons (Fsp3) is 0.200. The summed E-state index contributed by atoms with van der Waals surface area (Å²) in [7, 11) is 1.21. The fourth-order valence-electron chi connectivity index (χ4n) is 1.68. The van der Waals surface area contributed by atoms with Gasteiger partial charge in [-0.1, -0.05) is 30.3 Å². The number of aryl methyl sites for hydroxylation is 1. The van der Waals surface area contributed by atoms with Crippen LogP contribution in [0.5, 0.6) is 0 Å². The van der Waals surface area contributed by atoms with Crippen LogP contribution in [0.4, 0.5) is 4.39 Å². The predicted molar refractivity (Wildman–Crippen MR) is 76.3 cm³/mol. The second kappa shape index (κ2) is 6.52. The molecule has 0 unspecified atom stereocenters. The summed E-state index contributed by atoms with van der Waals surface area (Å²) in [6, 6.07) is 11.2. The number of ether oxygens (including phenoxy) is 1. The maximum atomic E-state index is 13.7. The monoisotopic (exact) mass is 291 g/mol. The van der Waals surface area contributed by atoms with E-state index in [0.717, 1.165) is 5.56 Å². The number of benzene rings is 1. The number of nitrogens with zero attached hydrogens (tertiary/aromatic N) is 1. The van der Waals surface area contributed by atoms with Crippen LogP contribution in [0, 0.1) is 12.7 Å². The molecule has 5 heteroatoms. The first-order valence-electron chi connectivity index (χ1n) is 6.04. The minimum absolute atomic E-state index is 0.270. The third-order valence-electron chi connectivity index (χ3n) is 2.72. The summed E-state index contributed by atoms with van der Waals surface area (Å²) in [6.07, 6.45) is 0. The number of methoxy groups -OCH3 is 1. The standard InChI is InChI=1S/C15H14FNO2S/c1-10-8-12(16)13(15(18)19-2)17-14(10)20-9-11-6-4-3-5-7-11/h3-8H,9H2,1-2H3. The normalized spacial score (nSPS) is 10.3. The Morgan fingerprint density at radius 1 is 1.35 bits per heavy atom. The third kappa shape index (κ3) is 3.36. The van der Waals surface area contributed by atoms with E-state index >= 15 is 0 Å². The van der Waals surface area contributed by atoms with Gasteiger partial charge in [0.25, 0.3) is 0 Å². The molecule has 1 aromatic heterocycles. The van der Waals surface area contributed by atoms with Gasteiger partial charge in [-0.3, -0.25) is 0 Å². The van der Waals surface area contributed by atoms with Gasteiger partial charge in [0.15, 0.2) is 11.5 Å². The Labute approximate surface area is 121 Å². The summed E-state index contributed by atoms with van der Waals surface area (Å²) < 4.78 is 18.2. The molecule has 0 saturated carbocycles. The van der Waals surface area contributed by atoms with Gasteiger partial charge in [-0.25, -0.2) is 14.2 Å². The van der Waals surface area contributed by atoms with E-state index < -0.39 is 11.8 Å². The lowest BCUT2D eigenvalue weighted by atomic mass is 10.2. The Bertz CT molecular complexity index is 617. The van der Waals surface area contributed by atoms with E-state index in [2.05, 4.69) is 9.72 Å². The van der Waals surface area contributed by atoms with Crippen molar-refractivity contribution in [1.82, 2.24) is 4.98 Å². The Morgan fingerprint density at radius 3 is 2.70 bits per heavy atom. The van der Waals surface area contributed by atoms with Crippen molar-refractivity contribution >= 4 is 17.7 Å². The molecule has 104 valence electrons. The van der Waals surface area contributed by atoms with E-state index in [1.165, 1.54) is 24.9 Å². The van der Waals surface area contributed by atoms with Crippen LogP contribution in [-0.4, -0.2) is 18.1 Å². The summed E-state index contributed by atoms with van der Waals surface area (Å²) in [5.41, 5.74) is 1.58. The summed E-state index contributed by atoms with van der Waals surface area (Å²) in [6.45, 7) is 1.77. The number of rotatable bonds is 4. The van der Waals surface area contributed by atoms with E-state index in [9.17, 15) is 9.18 Å². The van der Waals surface area contributed by atoms with Crippen LogP contribution in [0.3, 0.4) is 0 Å². The number of pyridine rings is 1. The topological polar surface area (TPSA) is 39.2 Å². The number of hydrogen-bond acceptors (Lipinski definition) is 4. The minimum Gasteiger partial charge on any atom is -0.464 e. The average Bonchev–Trinajstić information content (AvgIpc) is 2.46. The van der Waals surface area contributed by atoms with Crippen molar-refractivity contribution in [2.24, 2.45) is 0 Å². The molecule has 0 atom stereocenters. The number of hydrogen-bond donors (Lipinski definition) is 0. The van der Waals surface area contributed by atoms with Crippen molar-refractivity contribution in [2.75, 3.05) is 7.11 Å². The smallest absolute Gasteiger partial charge is 0.359 e. The molecule has 0 aliphatic carbocycles. The molecule has 0 aliphatic heterocycles. The quantitative estimate of drug-likeness (QED) is 0.637. The van der Waals surface area contributed by atoms with Crippen molar-refractivity contribution in [2.45, 2.75) is 17.7 Å². The molecular weight excluding hydrogens is 277 g/mol. The van der Waals surface area contributed by atoms with Crippen LogP contribution in [0.25, 0.3) is 0 Å². The maximum absolute atomic E-state index is 13.7. The van der Waals surface area contributed by atoms with Gasteiger partial charge >= 0.3 is 5.97 Å². The molecule has 20 heavy (non-hydrogen) atoms. The summed E-state index contributed by atoms with van der Waals surface area (Å²) >= 11 is 1.47. The van der Waals surface area contributed by atoms with Crippen LogP contribution in [-0.2, 0) is 10.5 Å². The lowest BCUT2D eigenvalue weighted by Gasteiger charge is -2.08. The summed E-state index contributed by atoms with van der Waals surface area (Å²) in [5.74, 6) is -0.705. The van der Waals surface area contributed by atoms with Crippen LogP contribution in [0.15, 0.2) is 41.4 Å². The van der Waals surface area contributed by atoms with E-state index in [1.54, 1.807) is 6.92 Å². The van der Waals surface area contributed by atoms with Crippen LogP contribution in [0.1, 0.15) is 21.6 Å². The van der Waals surface area contributed by atoms with Crippen molar-refractivity contribution in [1.29, 1.82) is 0 Å². The highest BCUT2D eigenvalue weighted by Gasteiger charge is 2.17. The summed E-state index contributed by atoms with van der Waals surface area (Å²) in [4.78, 5) is 15.5. The van der Waals surface area contributed by atoms with E-state index in [0.29, 0.717) is 16.3 Å². The zero-order chi connectivity index (χ0) is 14.5. The number of esters is 1. The molecule has 0 fully saturated rings. The molecule has 0 bridgehead atoms. The molecule has 2 rings (SSSR count). The zero-order valence-corrected chi connectivity index (χ0v) is 12.0. The van der Waals surface area contributed by atoms with Gasteiger partial charge in [0.05, 0.1) is 7.11 Å². The average molecular weight is 291 g/mol. The van der Waals surface area contributed by atoms with E-state index in [1.807, 2.05) is 30.3 Å². The number of halogens is 1. The minimum atomic E-state index is -0.760. The Hall–Kier alpha value is -1.88. The number of carbonyl (C=O) groups is 1. The lowest BCUT2D eigenvalue weighted by Crippen LogP contribution is -2.09. The largest absolute Gasteiger partial charge is 0.464 e. The third-order valence-corrected chi connectivity index (χ3v) is 3.88. The van der Waals surface area contributed by atoms with Gasteiger partial charge in [0, 0.05) is 5.75 Å². The van der Waals surface area contributed by atoms with Gasteiger partial charge in [0.1, 0.15) is 5.03 Å². The molecule has 1 aromatic carbocycles. The highest BCUT2D eigenvalue weighted by molar-refractivity contribution is 7.98. The van der Waals surface area contributed by atoms with Gasteiger partial charge in [-0.2, -0.15) is 0 Å². The maximum Gasteiger partial charge on any atom is 0.359 e. The highest BCUT2D eigenvalue weighted by atomic mass is 32.2. The van der Waals surface area contributed by atoms with Crippen molar-refractivity contribution in [3.8, 4) is 0 Å². The van der Waals surface area contributed by atoms with Crippen molar-refractivity contribution in [3.05, 3.63) is 59.0 Å². The summed E-state index contributed by atoms with van der Waals surface area (Å²) in [5, 5.41) is 0.635. The first-order valence-corrected chi connectivity index (χ1v) is 7.02. The molecule has 2 aromatic rings. The Morgan fingerprint density at radius 2 is 2.05 bits per heavy atom. The number of aromatic nitrogens is 1. The highest BCUT2D eigenvalue weighted by Crippen LogP contribution is 2.25. The van der Waals surface area contributed by atoms with Gasteiger partial charge in [0.2, 0.25) is 0 Å². The van der Waals surface area contributed by atoms with Gasteiger partial charge in [-0.05, 0) is 24.1 Å². The molecule has 0 saturated heterocycles. The number of thioether (sulfide) groups is 1. The van der Waals surface area contributed by atoms with Gasteiger partial charge in [-0.15, -0.1) is 11.8 Å².